The van der Waals surface area contributed by atoms with E-state index in [0.717, 1.165) is 19.3 Å². The van der Waals surface area contributed by atoms with Crippen LogP contribution in [0.4, 0.5) is 11.4 Å². The van der Waals surface area contributed by atoms with Gasteiger partial charge in [0, 0.05) is 17.8 Å². The van der Waals surface area contributed by atoms with Crippen LogP contribution >= 0.6 is 35.0 Å². The zero-order valence-corrected chi connectivity index (χ0v) is 26.6. The molecule has 1 unspecified atom stereocenters. The minimum Gasteiger partial charge on any atom is -0.323 e. The Hall–Kier alpha value is -3.12. The maximum Gasteiger partial charge on any atom is 0.261 e. The molecule has 13 heteroatoms. The third-order valence-electron chi connectivity index (χ3n) is 6.39. The quantitative estimate of drug-likeness (QED) is 0.114. The zero-order chi connectivity index (χ0) is 30.3. The minimum absolute atomic E-state index is 0.00593. The first kappa shape index (κ1) is 31.8. The van der Waals surface area contributed by atoms with Gasteiger partial charge in [-0.3, -0.25) is 14.1 Å². The summed E-state index contributed by atoms with van der Waals surface area (Å²) in [6, 6.07) is 16.5. The van der Waals surface area contributed by atoms with Gasteiger partial charge in [-0.2, -0.15) is 0 Å². The lowest BCUT2D eigenvalue weighted by Crippen LogP contribution is -2.16. The van der Waals surface area contributed by atoms with Gasteiger partial charge in [-0.1, -0.05) is 85.9 Å². The molecule has 4 aromatic rings. The van der Waals surface area contributed by atoms with Crippen molar-refractivity contribution in [2.75, 3.05) is 15.8 Å². The number of amides is 1. The van der Waals surface area contributed by atoms with Gasteiger partial charge in [0.2, 0.25) is 5.91 Å². The summed E-state index contributed by atoms with van der Waals surface area (Å²) in [4.78, 5) is 16.8. The van der Waals surface area contributed by atoms with E-state index in [2.05, 4.69) is 46.0 Å². The predicted octanol–water partition coefficient (Wildman–Crippen LogP) is 7.57. The van der Waals surface area contributed by atoms with Crippen LogP contribution in [0.1, 0.15) is 46.1 Å². The molecule has 1 atom stereocenters. The van der Waals surface area contributed by atoms with Gasteiger partial charge in [0.25, 0.3) is 10.0 Å². The molecule has 0 bridgehead atoms. The van der Waals surface area contributed by atoms with E-state index < -0.39 is 10.0 Å². The third-order valence-corrected chi connectivity index (χ3v) is 9.33. The van der Waals surface area contributed by atoms with E-state index in [9.17, 15) is 13.2 Å². The Morgan fingerprint density at radius 1 is 0.976 bits per heavy atom. The maximum absolute atomic E-state index is 13.2. The monoisotopic (exact) mass is 646 g/mol. The lowest BCUT2D eigenvalue weighted by Gasteiger charge is -2.19. The van der Waals surface area contributed by atoms with Crippen molar-refractivity contribution in [1.29, 1.82) is 0 Å². The Morgan fingerprint density at radius 3 is 2.48 bits per heavy atom. The molecule has 0 saturated heterocycles. The van der Waals surface area contributed by atoms with Crippen molar-refractivity contribution in [3.8, 4) is 11.4 Å². The van der Waals surface area contributed by atoms with Crippen molar-refractivity contribution in [3.63, 3.8) is 0 Å². The second-order valence-corrected chi connectivity index (χ2v) is 13.5. The van der Waals surface area contributed by atoms with Crippen molar-refractivity contribution >= 4 is 62.3 Å². The number of hydrogen-bond acceptors (Lipinski definition) is 7. The molecule has 2 aromatic carbocycles. The Labute approximate surface area is 260 Å². The summed E-state index contributed by atoms with van der Waals surface area (Å²) in [5.41, 5.74) is 1.30. The molecule has 2 aromatic heterocycles. The fourth-order valence-electron chi connectivity index (χ4n) is 4.27. The molecule has 2 N–H and O–H groups in total. The Morgan fingerprint density at radius 2 is 1.74 bits per heavy atom. The maximum atomic E-state index is 13.2. The molecule has 0 fully saturated rings. The molecule has 222 valence electrons. The predicted molar refractivity (Wildman–Crippen MR) is 170 cm³/mol. The molecule has 9 nitrogen and oxygen atoms in total. The van der Waals surface area contributed by atoms with Crippen molar-refractivity contribution in [3.05, 3.63) is 77.0 Å². The fraction of sp³-hybridized carbons (Fsp3) is 0.310. The van der Waals surface area contributed by atoms with Crippen molar-refractivity contribution < 1.29 is 13.2 Å². The number of anilines is 2. The molecular formula is C29H32Cl2N6O3S2. The molecule has 0 spiro atoms. The number of nitrogens with one attached hydrogen (secondary N) is 2. The molecule has 0 aliphatic heterocycles. The van der Waals surface area contributed by atoms with Crippen molar-refractivity contribution in [2.24, 2.45) is 5.92 Å². The van der Waals surface area contributed by atoms with Crippen molar-refractivity contribution in [1.82, 2.24) is 19.7 Å². The van der Waals surface area contributed by atoms with E-state index >= 15 is 0 Å². The lowest BCUT2D eigenvalue weighted by molar-refractivity contribution is -0.113. The molecule has 0 aliphatic rings. The minimum atomic E-state index is -3.94. The number of halogens is 2. The molecule has 42 heavy (non-hydrogen) atoms. The number of aromatic nitrogens is 4. The number of carbonyl (C=O) groups is 1. The first-order chi connectivity index (χ1) is 20.0. The van der Waals surface area contributed by atoms with E-state index in [1.165, 1.54) is 17.8 Å². The zero-order valence-electron chi connectivity index (χ0n) is 23.4. The number of hydrogen-bond donors (Lipinski definition) is 2. The van der Waals surface area contributed by atoms with Gasteiger partial charge in [-0.25, -0.2) is 13.4 Å². The topological polar surface area (TPSA) is 119 Å². The second kappa shape index (κ2) is 14.4. The molecule has 2 heterocycles. The highest BCUT2D eigenvalue weighted by Crippen LogP contribution is 2.32. The Kier molecular flexibility index (Phi) is 10.9. The normalized spacial score (nSPS) is 12.3. The number of carbonyl (C=O) groups excluding carboxylic acids is 1. The molecule has 4 rings (SSSR count). The van der Waals surface area contributed by atoms with Gasteiger partial charge in [-0.05, 0) is 55.7 Å². The smallest absolute Gasteiger partial charge is 0.261 e. The average molecular weight is 648 g/mol. The number of benzene rings is 2. The molecule has 0 aliphatic carbocycles. The van der Waals surface area contributed by atoms with Gasteiger partial charge in [0.15, 0.2) is 16.1 Å². The molecular weight excluding hydrogens is 615 g/mol. The Bertz CT molecular complexity index is 1650. The van der Waals surface area contributed by atoms with Crippen LogP contribution in [0.5, 0.6) is 0 Å². The van der Waals surface area contributed by atoms with Crippen LogP contribution in [0.15, 0.2) is 76.9 Å². The van der Waals surface area contributed by atoms with Crippen LogP contribution in [0, 0.1) is 5.92 Å². The van der Waals surface area contributed by atoms with Crippen LogP contribution in [0.3, 0.4) is 0 Å². The number of nitrogens with zero attached hydrogens (tertiary/aromatic N) is 4. The van der Waals surface area contributed by atoms with E-state index in [4.69, 9.17) is 23.2 Å². The molecule has 0 radical (unpaired) electrons. The third kappa shape index (κ3) is 8.25. The van der Waals surface area contributed by atoms with Gasteiger partial charge in [0.1, 0.15) is 0 Å². The second-order valence-electron chi connectivity index (χ2n) is 10.1. The highest BCUT2D eigenvalue weighted by Gasteiger charge is 2.23. The number of thioether (sulfide) groups is 1. The summed E-state index contributed by atoms with van der Waals surface area (Å²) < 4.78 is 31.0. The average Bonchev–Trinajstić information content (AvgIpc) is 3.38. The lowest BCUT2D eigenvalue weighted by atomic mass is 10.0. The highest BCUT2D eigenvalue weighted by molar-refractivity contribution is 7.99. The SMILES string of the molecule is CC(C)CCCC(C)n1c(SCC(=O)Nc2cccnc2Cl)nnc1-c1cccc(S(=O)(=O)Nc2ccccc2Cl)c1. The van der Waals surface area contributed by atoms with Crippen LogP contribution in [0.2, 0.25) is 10.2 Å². The first-order valence-electron chi connectivity index (χ1n) is 13.4. The summed E-state index contributed by atoms with van der Waals surface area (Å²) in [5.74, 6) is 0.886. The fourth-order valence-corrected chi connectivity index (χ4v) is 6.63. The van der Waals surface area contributed by atoms with Crippen LogP contribution in [-0.2, 0) is 14.8 Å². The van der Waals surface area contributed by atoms with Gasteiger partial charge in [0.05, 0.1) is 27.0 Å². The number of pyridine rings is 1. The van der Waals surface area contributed by atoms with Gasteiger partial charge >= 0.3 is 0 Å². The van der Waals surface area contributed by atoms with Crippen LogP contribution < -0.4 is 10.0 Å². The van der Waals surface area contributed by atoms with E-state index in [1.54, 1.807) is 60.8 Å². The van der Waals surface area contributed by atoms with E-state index in [-0.39, 0.29) is 33.4 Å². The van der Waals surface area contributed by atoms with Crippen molar-refractivity contribution in [2.45, 2.75) is 56.1 Å². The van der Waals surface area contributed by atoms with E-state index in [1.807, 2.05) is 4.57 Å². The van der Waals surface area contributed by atoms with Crippen LogP contribution in [0.25, 0.3) is 11.4 Å². The summed E-state index contributed by atoms with van der Waals surface area (Å²) in [6.07, 6.45) is 4.47. The summed E-state index contributed by atoms with van der Waals surface area (Å²) in [5, 5.41) is 12.7. The largest absolute Gasteiger partial charge is 0.323 e. The number of sulfonamides is 1. The molecule has 0 saturated carbocycles. The number of rotatable bonds is 13. The van der Waals surface area contributed by atoms with Gasteiger partial charge < -0.3 is 5.32 Å². The summed E-state index contributed by atoms with van der Waals surface area (Å²) in [7, 11) is -3.94. The van der Waals surface area contributed by atoms with Crippen LogP contribution in [-0.4, -0.2) is 39.8 Å². The highest BCUT2D eigenvalue weighted by atomic mass is 35.5. The summed E-state index contributed by atoms with van der Waals surface area (Å²) in [6.45, 7) is 6.45. The number of para-hydroxylation sites is 1. The van der Waals surface area contributed by atoms with E-state index in [0.29, 0.717) is 33.2 Å². The Balaban J connectivity index is 1.61. The molecule has 1 amide bonds. The van der Waals surface area contributed by atoms with Gasteiger partial charge in [-0.15, -0.1) is 10.2 Å². The standard InChI is InChI=1S/C29H32Cl2N6O3S2/c1-19(2)9-6-10-20(3)37-28(34-35-29(37)41-18-26(38)33-25-15-8-16-32-27(25)31)21-11-7-12-22(17-21)42(39,40)36-24-14-5-4-13-23(24)30/h4-5,7-8,11-17,19-20,36H,6,9-10,18H2,1-3H3,(H,33,38). The summed E-state index contributed by atoms with van der Waals surface area (Å²) >= 11 is 13.5. The first-order valence-corrected chi connectivity index (χ1v) is 16.6.